The molecule has 0 heterocycles. The lowest BCUT2D eigenvalue weighted by molar-refractivity contribution is -0.133. The summed E-state index contributed by atoms with van der Waals surface area (Å²) < 4.78 is 18.9. The maximum Gasteiger partial charge on any atom is 0.260 e. The Hall–Kier alpha value is -1.62. The third kappa shape index (κ3) is 4.21. The number of halogens is 1. The highest BCUT2D eigenvalue weighted by Gasteiger charge is 2.12. The van der Waals surface area contributed by atoms with E-state index >= 15 is 0 Å². The number of amides is 1. The van der Waals surface area contributed by atoms with E-state index < -0.39 is 5.82 Å². The number of nitrogens with two attached hydrogens (primary N) is 1. The molecule has 0 bridgehead atoms. The Morgan fingerprint density at radius 2 is 2.05 bits per heavy atom. The van der Waals surface area contributed by atoms with Gasteiger partial charge in [0, 0.05) is 19.1 Å². The van der Waals surface area contributed by atoms with E-state index in [1.54, 1.807) is 17.9 Å². The maximum absolute atomic E-state index is 13.7. The molecular formula is C14H21FN2O2. The van der Waals surface area contributed by atoms with Gasteiger partial charge >= 0.3 is 0 Å². The predicted molar refractivity (Wildman–Crippen MR) is 72.4 cm³/mol. The number of benzene rings is 1. The van der Waals surface area contributed by atoms with Crippen molar-refractivity contribution in [2.24, 2.45) is 5.73 Å². The fourth-order valence-corrected chi connectivity index (χ4v) is 1.72. The van der Waals surface area contributed by atoms with E-state index in [1.807, 2.05) is 13.8 Å². The summed E-state index contributed by atoms with van der Waals surface area (Å²) in [5.74, 6) is -0.576. The minimum absolute atomic E-state index is 0.0740. The normalized spacial score (nSPS) is 12.1. The molecule has 1 aromatic carbocycles. The predicted octanol–water partition coefficient (Wildman–Crippen LogP) is 2.09. The van der Waals surface area contributed by atoms with Crippen molar-refractivity contribution in [3.05, 3.63) is 29.6 Å². The van der Waals surface area contributed by atoms with Crippen LogP contribution in [0.25, 0.3) is 0 Å². The highest BCUT2D eigenvalue weighted by molar-refractivity contribution is 5.77. The first kappa shape index (κ1) is 15.4. The first-order chi connectivity index (χ1) is 8.99. The lowest BCUT2D eigenvalue weighted by atomic mass is 10.1. The summed E-state index contributed by atoms with van der Waals surface area (Å²) in [6.45, 7) is 6.63. The zero-order valence-corrected chi connectivity index (χ0v) is 11.6. The van der Waals surface area contributed by atoms with Crippen molar-refractivity contribution in [2.45, 2.75) is 26.8 Å². The molecule has 1 aromatic rings. The standard InChI is InChI=1S/C14H21FN2O2/c1-4-17(5-2)14(18)9-19-13-7-6-11(10(3)16)8-12(13)15/h6-8,10H,4-5,9,16H2,1-3H3. The molecule has 2 N–H and O–H groups in total. The van der Waals surface area contributed by atoms with Crippen molar-refractivity contribution in [1.82, 2.24) is 4.90 Å². The molecule has 0 spiro atoms. The summed E-state index contributed by atoms with van der Waals surface area (Å²) >= 11 is 0. The molecule has 106 valence electrons. The molecule has 0 fully saturated rings. The minimum atomic E-state index is -0.498. The second-order valence-corrected chi connectivity index (χ2v) is 4.33. The molecule has 4 nitrogen and oxygen atoms in total. The third-order valence-electron chi connectivity index (χ3n) is 2.95. The van der Waals surface area contributed by atoms with Gasteiger partial charge in [-0.15, -0.1) is 0 Å². The number of ether oxygens (including phenoxy) is 1. The van der Waals surface area contributed by atoms with Crippen molar-refractivity contribution in [3.8, 4) is 5.75 Å². The van der Waals surface area contributed by atoms with Gasteiger partial charge in [-0.3, -0.25) is 4.79 Å². The van der Waals surface area contributed by atoms with E-state index in [-0.39, 0.29) is 24.3 Å². The van der Waals surface area contributed by atoms with Crippen LogP contribution in [-0.2, 0) is 4.79 Å². The molecule has 1 unspecified atom stereocenters. The molecule has 5 heteroatoms. The monoisotopic (exact) mass is 268 g/mol. The molecule has 1 amide bonds. The summed E-state index contributed by atoms with van der Waals surface area (Å²) in [5.41, 5.74) is 6.36. The number of rotatable bonds is 6. The zero-order valence-electron chi connectivity index (χ0n) is 11.6. The highest BCUT2D eigenvalue weighted by atomic mass is 19.1. The van der Waals surface area contributed by atoms with Gasteiger partial charge in [-0.2, -0.15) is 0 Å². The SMILES string of the molecule is CCN(CC)C(=O)COc1ccc(C(C)N)cc1F. The maximum atomic E-state index is 13.7. The van der Waals surface area contributed by atoms with Gasteiger partial charge in [0.2, 0.25) is 0 Å². The molecule has 19 heavy (non-hydrogen) atoms. The first-order valence-corrected chi connectivity index (χ1v) is 6.45. The summed E-state index contributed by atoms with van der Waals surface area (Å²) in [6.07, 6.45) is 0. The van der Waals surface area contributed by atoms with Gasteiger partial charge < -0.3 is 15.4 Å². The highest BCUT2D eigenvalue weighted by Crippen LogP contribution is 2.21. The summed E-state index contributed by atoms with van der Waals surface area (Å²) in [4.78, 5) is 13.4. The van der Waals surface area contributed by atoms with Crippen LogP contribution in [0.2, 0.25) is 0 Å². The Kier molecular flexibility index (Phi) is 5.76. The smallest absolute Gasteiger partial charge is 0.260 e. The van der Waals surface area contributed by atoms with Crippen molar-refractivity contribution in [1.29, 1.82) is 0 Å². The van der Waals surface area contributed by atoms with Gasteiger partial charge in [0.05, 0.1) is 0 Å². The van der Waals surface area contributed by atoms with Crippen LogP contribution in [0.15, 0.2) is 18.2 Å². The van der Waals surface area contributed by atoms with Gasteiger partial charge in [-0.05, 0) is 38.5 Å². The van der Waals surface area contributed by atoms with E-state index in [4.69, 9.17) is 10.5 Å². The molecule has 1 atom stereocenters. The second-order valence-electron chi connectivity index (χ2n) is 4.33. The lowest BCUT2D eigenvalue weighted by Crippen LogP contribution is -2.34. The van der Waals surface area contributed by atoms with Crippen LogP contribution in [0.4, 0.5) is 4.39 Å². The molecule has 0 radical (unpaired) electrons. The topological polar surface area (TPSA) is 55.6 Å². The minimum Gasteiger partial charge on any atom is -0.481 e. The lowest BCUT2D eigenvalue weighted by Gasteiger charge is -2.19. The van der Waals surface area contributed by atoms with Crippen LogP contribution >= 0.6 is 0 Å². The number of hydrogen-bond acceptors (Lipinski definition) is 3. The van der Waals surface area contributed by atoms with Crippen molar-refractivity contribution < 1.29 is 13.9 Å². The van der Waals surface area contributed by atoms with Crippen molar-refractivity contribution in [3.63, 3.8) is 0 Å². The summed E-state index contributed by atoms with van der Waals surface area (Å²) in [5, 5.41) is 0. The largest absolute Gasteiger partial charge is 0.481 e. The van der Waals surface area contributed by atoms with E-state index in [1.165, 1.54) is 12.1 Å². The van der Waals surface area contributed by atoms with E-state index in [0.717, 1.165) is 0 Å². The molecule has 0 aliphatic heterocycles. The quantitative estimate of drug-likeness (QED) is 0.859. The Balaban J connectivity index is 2.66. The Morgan fingerprint density at radius 1 is 1.42 bits per heavy atom. The Labute approximate surface area is 113 Å². The fraction of sp³-hybridized carbons (Fsp3) is 0.500. The van der Waals surface area contributed by atoms with Crippen LogP contribution in [0, 0.1) is 5.82 Å². The summed E-state index contributed by atoms with van der Waals surface area (Å²) in [7, 11) is 0. The molecule has 1 rings (SSSR count). The average molecular weight is 268 g/mol. The number of hydrogen-bond donors (Lipinski definition) is 1. The fourth-order valence-electron chi connectivity index (χ4n) is 1.72. The van der Waals surface area contributed by atoms with Crippen molar-refractivity contribution in [2.75, 3.05) is 19.7 Å². The second kappa shape index (κ2) is 7.09. The van der Waals surface area contributed by atoms with E-state index in [9.17, 15) is 9.18 Å². The van der Waals surface area contributed by atoms with Gasteiger partial charge in [0.15, 0.2) is 18.2 Å². The van der Waals surface area contributed by atoms with Gasteiger partial charge in [0.1, 0.15) is 0 Å². The van der Waals surface area contributed by atoms with Gasteiger partial charge in [-0.1, -0.05) is 6.07 Å². The van der Waals surface area contributed by atoms with Gasteiger partial charge in [-0.25, -0.2) is 4.39 Å². The number of carbonyl (C=O) groups excluding carboxylic acids is 1. The summed E-state index contributed by atoms with van der Waals surface area (Å²) in [6, 6.07) is 4.30. The molecule has 0 aromatic heterocycles. The molecule has 0 aliphatic carbocycles. The molecular weight excluding hydrogens is 247 g/mol. The van der Waals surface area contributed by atoms with Crippen LogP contribution in [-0.4, -0.2) is 30.5 Å². The Morgan fingerprint density at radius 3 is 2.53 bits per heavy atom. The third-order valence-corrected chi connectivity index (χ3v) is 2.95. The molecule has 0 aliphatic rings. The first-order valence-electron chi connectivity index (χ1n) is 6.45. The molecule has 0 saturated carbocycles. The van der Waals surface area contributed by atoms with Crippen LogP contribution in [0.3, 0.4) is 0 Å². The number of carbonyl (C=O) groups is 1. The van der Waals surface area contributed by atoms with E-state index in [0.29, 0.717) is 18.7 Å². The van der Waals surface area contributed by atoms with E-state index in [2.05, 4.69) is 0 Å². The number of likely N-dealkylation sites (N-methyl/N-ethyl adjacent to an activating group) is 1. The zero-order chi connectivity index (χ0) is 14.4. The van der Waals surface area contributed by atoms with Crippen molar-refractivity contribution >= 4 is 5.91 Å². The number of nitrogens with zero attached hydrogens (tertiary/aromatic N) is 1. The molecule has 0 saturated heterocycles. The van der Waals surface area contributed by atoms with Crippen LogP contribution in [0.1, 0.15) is 32.4 Å². The van der Waals surface area contributed by atoms with Crippen LogP contribution in [0.5, 0.6) is 5.75 Å². The average Bonchev–Trinajstić information content (AvgIpc) is 2.38. The Bertz CT molecular complexity index is 431. The van der Waals surface area contributed by atoms with Crippen LogP contribution < -0.4 is 10.5 Å². The van der Waals surface area contributed by atoms with Gasteiger partial charge in [0.25, 0.3) is 5.91 Å².